The molecule has 1 aromatic heterocycles. The van der Waals surface area contributed by atoms with Gasteiger partial charge in [-0.3, -0.25) is 5.32 Å². The van der Waals surface area contributed by atoms with Crippen molar-refractivity contribution in [3.05, 3.63) is 138 Å². The van der Waals surface area contributed by atoms with Gasteiger partial charge in [-0.15, -0.1) is 0 Å². The van der Waals surface area contributed by atoms with Gasteiger partial charge in [0, 0.05) is 5.39 Å². The smallest absolute Gasteiger partial charge is 0.134 e. The van der Waals surface area contributed by atoms with E-state index in [1.807, 2.05) is 18.2 Å². The fourth-order valence-corrected chi connectivity index (χ4v) is 4.59. The lowest BCUT2D eigenvalue weighted by Crippen LogP contribution is -2.45. The maximum atomic E-state index is 6.26. The van der Waals surface area contributed by atoms with Gasteiger partial charge >= 0.3 is 0 Å². The van der Waals surface area contributed by atoms with E-state index in [9.17, 15) is 0 Å². The number of fused-ring (bicyclic) bond motifs is 1. The predicted molar refractivity (Wildman–Crippen MR) is 134 cm³/mol. The lowest BCUT2D eigenvalue weighted by Gasteiger charge is -2.39. The first-order chi connectivity index (χ1) is 16.2. The van der Waals surface area contributed by atoms with Crippen LogP contribution in [0.3, 0.4) is 0 Å². The van der Waals surface area contributed by atoms with Crippen LogP contribution in [0.25, 0.3) is 11.0 Å². The fourth-order valence-electron chi connectivity index (χ4n) is 4.59. The van der Waals surface area contributed by atoms with Crippen LogP contribution in [0.15, 0.2) is 120 Å². The molecule has 164 valence electrons. The average molecular weight is 434 g/mol. The number of hydrogen-bond donors (Lipinski definition) is 1. The van der Waals surface area contributed by atoms with E-state index in [-0.39, 0.29) is 6.04 Å². The van der Waals surface area contributed by atoms with Crippen molar-refractivity contribution in [1.29, 1.82) is 0 Å². The first-order valence-electron chi connectivity index (χ1n) is 11.2. The summed E-state index contributed by atoms with van der Waals surface area (Å²) >= 11 is 0. The molecule has 1 atom stereocenters. The number of rotatable bonds is 7. The van der Waals surface area contributed by atoms with E-state index in [1.54, 1.807) is 7.11 Å². The predicted octanol–water partition coefficient (Wildman–Crippen LogP) is 7.08. The third kappa shape index (κ3) is 3.92. The van der Waals surface area contributed by atoms with E-state index in [1.165, 1.54) is 16.7 Å². The second kappa shape index (κ2) is 8.97. The Morgan fingerprint density at radius 3 is 1.70 bits per heavy atom. The summed E-state index contributed by atoms with van der Waals surface area (Å²) in [6, 6.07) is 39.8. The molecule has 0 unspecified atom stereocenters. The zero-order chi connectivity index (χ0) is 22.7. The van der Waals surface area contributed by atoms with Crippen LogP contribution >= 0.6 is 0 Å². The molecule has 33 heavy (non-hydrogen) atoms. The molecule has 0 aliphatic rings. The van der Waals surface area contributed by atoms with Crippen molar-refractivity contribution in [2.24, 2.45) is 0 Å². The third-order valence-electron chi connectivity index (χ3n) is 6.22. The van der Waals surface area contributed by atoms with Crippen LogP contribution in [0.1, 0.15) is 35.4 Å². The molecule has 0 fully saturated rings. The molecule has 0 amide bonds. The molecule has 1 N–H and O–H groups in total. The molecule has 0 saturated carbocycles. The second-order valence-corrected chi connectivity index (χ2v) is 8.27. The number of hydrogen-bond acceptors (Lipinski definition) is 3. The van der Waals surface area contributed by atoms with Gasteiger partial charge in [0.15, 0.2) is 0 Å². The van der Waals surface area contributed by atoms with E-state index in [0.29, 0.717) is 0 Å². The molecule has 1 heterocycles. The maximum Gasteiger partial charge on any atom is 0.134 e. The highest BCUT2D eigenvalue weighted by atomic mass is 16.5. The van der Waals surface area contributed by atoms with Gasteiger partial charge in [-0.25, -0.2) is 0 Å². The number of furan rings is 1. The SMILES string of the molecule is COc1ccc2oc([C@H](C)NC(c3ccccc3)(c3ccccc3)c3ccccc3)cc2c1. The molecule has 0 saturated heterocycles. The molecule has 4 aromatic carbocycles. The molecular weight excluding hydrogens is 406 g/mol. The van der Waals surface area contributed by atoms with E-state index >= 15 is 0 Å². The highest BCUT2D eigenvalue weighted by Crippen LogP contribution is 2.39. The van der Waals surface area contributed by atoms with Crippen molar-refractivity contribution >= 4 is 11.0 Å². The van der Waals surface area contributed by atoms with Gasteiger partial charge in [-0.2, -0.15) is 0 Å². The third-order valence-corrected chi connectivity index (χ3v) is 6.22. The minimum atomic E-state index is -0.556. The molecular formula is C30H27NO2. The minimum Gasteiger partial charge on any atom is -0.497 e. The van der Waals surface area contributed by atoms with Crippen LogP contribution in [0.5, 0.6) is 5.75 Å². The van der Waals surface area contributed by atoms with Gasteiger partial charge in [0.2, 0.25) is 0 Å². The van der Waals surface area contributed by atoms with Crippen molar-refractivity contribution in [2.45, 2.75) is 18.5 Å². The largest absolute Gasteiger partial charge is 0.497 e. The summed E-state index contributed by atoms with van der Waals surface area (Å²) in [5.74, 6) is 1.70. The summed E-state index contributed by atoms with van der Waals surface area (Å²) in [4.78, 5) is 0. The maximum absolute atomic E-state index is 6.26. The zero-order valence-corrected chi connectivity index (χ0v) is 18.9. The topological polar surface area (TPSA) is 34.4 Å². The summed E-state index contributed by atoms with van der Waals surface area (Å²) in [5.41, 5.74) is 3.81. The van der Waals surface area contributed by atoms with Crippen LogP contribution in [0.4, 0.5) is 0 Å². The van der Waals surface area contributed by atoms with Crippen LogP contribution in [0.2, 0.25) is 0 Å². The molecule has 3 heteroatoms. The lowest BCUT2D eigenvalue weighted by atomic mass is 9.76. The van der Waals surface area contributed by atoms with Crippen LogP contribution in [-0.4, -0.2) is 7.11 Å². The van der Waals surface area contributed by atoms with Crippen molar-refractivity contribution in [3.8, 4) is 5.75 Å². The summed E-state index contributed by atoms with van der Waals surface area (Å²) in [5, 5.41) is 4.99. The van der Waals surface area contributed by atoms with Crippen molar-refractivity contribution in [3.63, 3.8) is 0 Å². The number of benzene rings is 4. The van der Waals surface area contributed by atoms with E-state index in [0.717, 1.165) is 22.5 Å². The van der Waals surface area contributed by atoms with Gasteiger partial charge in [0.1, 0.15) is 17.1 Å². The molecule has 0 aliphatic heterocycles. The Kier molecular flexibility index (Phi) is 5.72. The van der Waals surface area contributed by atoms with Gasteiger partial charge in [-0.1, -0.05) is 91.0 Å². The average Bonchev–Trinajstić information content (AvgIpc) is 3.32. The molecule has 0 radical (unpaired) electrons. The molecule has 0 aliphatic carbocycles. The molecule has 5 aromatic rings. The Morgan fingerprint density at radius 1 is 0.697 bits per heavy atom. The van der Waals surface area contributed by atoms with E-state index in [4.69, 9.17) is 9.15 Å². The normalized spacial score (nSPS) is 12.5. The van der Waals surface area contributed by atoms with Crippen LogP contribution in [-0.2, 0) is 5.54 Å². The number of ether oxygens (including phenoxy) is 1. The lowest BCUT2D eigenvalue weighted by molar-refractivity contribution is 0.370. The quantitative estimate of drug-likeness (QED) is 0.278. The standard InChI is InChI=1S/C30H27NO2/c1-22(29-21-23-20-27(32-2)18-19-28(23)33-29)31-30(24-12-6-3-7-13-24,25-14-8-4-9-15-25)26-16-10-5-11-17-26/h3-22,31H,1-2H3/t22-/m0/s1. The number of methoxy groups -OCH3 is 1. The molecule has 0 spiro atoms. The van der Waals surface area contributed by atoms with Crippen molar-refractivity contribution in [2.75, 3.05) is 7.11 Å². The first kappa shape index (κ1) is 21.0. The fraction of sp³-hybridized carbons (Fsp3) is 0.133. The van der Waals surface area contributed by atoms with Crippen LogP contribution in [0, 0.1) is 0 Å². The van der Waals surface area contributed by atoms with Crippen molar-refractivity contribution in [1.82, 2.24) is 5.32 Å². The zero-order valence-electron chi connectivity index (χ0n) is 18.9. The van der Waals surface area contributed by atoms with Gasteiger partial charge in [0.05, 0.1) is 18.7 Å². The Balaban J connectivity index is 1.66. The summed E-state index contributed by atoms with van der Waals surface area (Å²) in [6.45, 7) is 2.15. The van der Waals surface area contributed by atoms with E-state index < -0.39 is 5.54 Å². The van der Waals surface area contributed by atoms with Gasteiger partial charge in [0.25, 0.3) is 0 Å². The monoisotopic (exact) mass is 433 g/mol. The van der Waals surface area contributed by atoms with Gasteiger partial charge in [-0.05, 0) is 47.9 Å². The molecule has 5 rings (SSSR count). The van der Waals surface area contributed by atoms with E-state index in [2.05, 4.69) is 109 Å². The van der Waals surface area contributed by atoms with Crippen LogP contribution < -0.4 is 10.1 Å². The summed E-state index contributed by atoms with van der Waals surface area (Å²) in [6.07, 6.45) is 0. The van der Waals surface area contributed by atoms with Crippen molar-refractivity contribution < 1.29 is 9.15 Å². The summed E-state index contributed by atoms with van der Waals surface area (Å²) < 4.78 is 11.7. The first-order valence-corrected chi connectivity index (χ1v) is 11.2. The highest BCUT2D eigenvalue weighted by molar-refractivity contribution is 5.79. The Bertz CT molecular complexity index is 1230. The Hall–Kier alpha value is -3.82. The number of nitrogens with one attached hydrogen (secondary N) is 1. The Labute approximate surface area is 194 Å². The Morgan fingerprint density at radius 2 is 1.21 bits per heavy atom. The molecule has 0 bridgehead atoms. The molecule has 3 nitrogen and oxygen atoms in total. The van der Waals surface area contributed by atoms with Gasteiger partial charge < -0.3 is 9.15 Å². The second-order valence-electron chi connectivity index (χ2n) is 8.27. The summed E-state index contributed by atoms with van der Waals surface area (Å²) in [7, 11) is 1.68. The minimum absolute atomic E-state index is 0.0657. The highest BCUT2D eigenvalue weighted by Gasteiger charge is 2.38.